The minimum absolute atomic E-state index is 0.201. The molecular weight excluding hydrogens is 169 g/mol. The van der Waals surface area contributed by atoms with E-state index in [9.17, 15) is 4.39 Å². The van der Waals surface area contributed by atoms with Crippen molar-refractivity contribution >= 4 is 5.69 Å². The zero-order valence-corrected chi connectivity index (χ0v) is 8.10. The van der Waals surface area contributed by atoms with Gasteiger partial charge in [0.15, 0.2) is 11.6 Å². The number of halogens is 1. The van der Waals surface area contributed by atoms with Crippen LogP contribution in [0.2, 0.25) is 0 Å². The van der Waals surface area contributed by atoms with Crippen molar-refractivity contribution in [2.24, 2.45) is 0 Å². The summed E-state index contributed by atoms with van der Waals surface area (Å²) in [6.45, 7) is 5.57. The number of nitrogen functional groups attached to an aromatic ring is 1. The standard InChI is InChI=1S/C10H14FNO/c1-10(2,3)13-9-6-7(12)4-5-8(9)11/h4-6H,12H2,1-3H3. The zero-order valence-electron chi connectivity index (χ0n) is 8.10. The van der Waals surface area contributed by atoms with E-state index in [4.69, 9.17) is 10.5 Å². The van der Waals surface area contributed by atoms with Gasteiger partial charge in [0.05, 0.1) is 0 Å². The molecule has 0 aliphatic carbocycles. The summed E-state index contributed by atoms with van der Waals surface area (Å²) in [4.78, 5) is 0. The van der Waals surface area contributed by atoms with Crippen LogP contribution < -0.4 is 10.5 Å². The Hall–Kier alpha value is -1.25. The first-order valence-electron chi connectivity index (χ1n) is 4.12. The maximum Gasteiger partial charge on any atom is 0.165 e. The van der Waals surface area contributed by atoms with E-state index in [1.807, 2.05) is 20.8 Å². The van der Waals surface area contributed by atoms with Gasteiger partial charge in [-0.3, -0.25) is 0 Å². The third-order valence-corrected chi connectivity index (χ3v) is 1.37. The highest BCUT2D eigenvalue weighted by Gasteiger charge is 2.14. The molecule has 1 aromatic carbocycles. The van der Waals surface area contributed by atoms with Crippen LogP contribution in [0.4, 0.5) is 10.1 Å². The molecule has 0 saturated carbocycles. The monoisotopic (exact) mass is 183 g/mol. The third-order valence-electron chi connectivity index (χ3n) is 1.37. The molecule has 0 heterocycles. The molecule has 0 aliphatic rings. The van der Waals surface area contributed by atoms with Crippen molar-refractivity contribution in [1.29, 1.82) is 0 Å². The lowest BCUT2D eigenvalue weighted by atomic mass is 10.2. The Morgan fingerprint density at radius 2 is 1.92 bits per heavy atom. The fourth-order valence-corrected chi connectivity index (χ4v) is 0.928. The summed E-state index contributed by atoms with van der Waals surface area (Å²) in [5, 5.41) is 0. The van der Waals surface area contributed by atoms with Crippen LogP contribution in [0.3, 0.4) is 0 Å². The highest BCUT2D eigenvalue weighted by Crippen LogP contribution is 2.24. The van der Waals surface area contributed by atoms with E-state index >= 15 is 0 Å². The van der Waals surface area contributed by atoms with Crippen molar-refractivity contribution in [3.63, 3.8) is 0 Å². The van der Waals surface area contributed by atoms with Gasteiger partial charge in [-0.2, -0.15) is 0 Å². The van der Waals surface area contributed by atoms with E-state index in [0.717, 1.165) is 0 Å². The van der Waals surface area contributed by atoms with Gasteiger partial charge in [0.25, 0.3) is 0 Å². The second kappa shape index (κ2) is 3.24. The summed E-state index contributed by atoms with van der Waals surface area (Å²) in [5.74, 6) is -0.184. The molecule has 0 aromatic heterocycles. The predicted octanol–water partition coefficient (Wildman–Crippen LogP) is 2.59. The number of anilines is 1. The molecule has 0 fully saturated rings. The Morgan fingerprint density at radius 1 is 1.31 bits per heavy atom. The molecule has 1 rings (SSSR count). The Kier molecular flexibility index (Phi) is 2.45. The lowest BCUT2D eigenvalue weighted by Crippen LogP contribution is -2.23. The lowest BCUT2D eigenvalue weighted by Gasteiger charge is -2.21. The van der Waals surface area contributed by atoms with E-state index in [0.29, 0.717) is 5.69 Å². The number of hydrogen-bond acceptors (Lipinski definition) is 2. The Balaban J connectivity index is 2.94. The Morgan fingerprint density at radius 3 is 2.46 bits per heavy atom. The van der Waals surface area contributed by atoms with Crippen molar-refractivity contribution in [3.8, 4) is 5.75 Å². The molecule has 0 atom stereocenters. The SMILES string of the molecule is CC(C)(C)Oc1cc(N)ccc1F. The molecule has 0 radical (unpaired) electrons. The second-order valence-corrected chi connectivity index (χ2v) is 3.90. The molecule has 2 nitrogen and oxygen atoms in total. The highest BCUT2D eigenvalue weighted by molar-refractivity contribution is 5.44. The van der Waals surface area contributed by atoms with Gasteiger partial charge < -0.3 is 10.5 Å². The summed E-state index contributed by atoms with van der Waals surface area (Å²) in [5.41, 5.74) is 5.59. The number of rotatable bonds is 1. The molecule has 0 bridgehead atoms. The summed E-state index contributed by atoms with van der Waals surface area (Å²) < 4.78 is 18.5. The van der Waals surface area contributed by atoms with Crippen molar-refractivity contribution < 1.29 is 9.13 Å². The predicted molar refractivity (Wildman–Crippen MR) is 51.2 cm³/mol. The highest BCUT2D eigenvalue weighted by atomic mass is 19.1. The first kappa shape index (κ1) is 9.84. The molecule has 0 amide bonds. The molecule has 0 spiro atoms. The normalized spacial score (nSPS) is 11.4. The Labute approximate surface area is 77.5 Å². The number of benzene rings is 1. The Bertz CT molecular complexity index is 304. The molecular formula is C10H14FNO. The maximum atomic E-state index is 13.1. The van der Waals surface area contributed by atoms with E-state index in [1.54, 1.807) is 0 Å². The number of nitrogens with two attached hydrogens (primary N) is 1. The number of ether oxygens (including phenoxy) is 1. The van der Waals surface area contributed by atoms with Crippen LogP contribution in [0.25, 0.3) is 0 Å². The lowest BCUT2D eigenvalue weighted by molar-refractivity contribution is 0.124. The van der Waals surface area contributed by atoms with Crippen LogP contribution in [0.1, 0.15) is 20.8 Å². The van der Waals surface area contributed by atoms with Crippen LogP contribution in [0, 0.1) is 5.82 Å². The molecule has 13 heavy (non-hydrogen) atoms. The van der Waals surface area contributed by atoms with Crippen molar-refractivity contribution in [1.82, 2.24) is 0 Å². The van der Waals surface area contributed by atoms with Gasteiger partial charge in [-0.1, -0.05) is 0 Å². The molecule has 0 unspecified atom stereocenters. The minimum atomic E-state index is -0.408. The summed E-state index contributed by atoms with van der Waals surface area (Å²) >= 11 is 0. The maximum absolute atomic E-state index is 13.1. The topological polar surface area (TPSA) is 35.2 Å². The van der Waals surface area contributed by atoms with Crippen LogP contribution in [0.15, 0.2) is 18.2 Å². The van der Waals surface area contributed by atoms with E-state index < -0.39 is 5.60 Å². The van der Waals surface area contributed by atoms with Gasteiger partial charge in [0.2, 0.25) is 0 Å². The van der Waals surface area contributed by atoms with Crippen LogP contribution in [0.5, 0.6) is 5.75 Å². The summed E-state index contributed by atoms with van der Waals surface area (Å²) in [6, 6.07) is 4.29. The van der Waals surface area contributed by atoms with Gasteiger partial charge in [0.1, 0.15) is 5.60 Å². The molecule has 0 aliphatic heterocycles. The van der Waals surface area contributed by atoms with Gasteiger partial charge >= 0.3 is 0 Å². The molecule has 2 N–H and O–H groups in total. The first-order valence-corrected chi connectivity index (χ1v) is 4.12. The minimum Gasteiger partial charge on any atom is -0.485 e. The third kappa shape index (κ3) is 2.93. The second-order valence-electron chi connectivity index (χ2n) is 3.90. The average molecular weight is 183 g/mol. The van der Waals surface area contributed by atoms with Gasteiger partial charge in [-0.25, -0.2) is 4.39 Å². The summed E-state index contributed by atoms with van der Waals surface area (Å²) in [7, 11) is 0. The van der Waals surface area contributed by atoms with Crippen molar-refractivity contribution in [2.45, 2.75) is 26.4 Å². The summed E-state index contributed by atoms with van der Waals surface area (Å²) in [6.07, 6.45) is 0. The molecule has 72 valence electrons. The fourth-order valence-electron chi connectivity index (χ4n) is 0.928. The smallest absolute Gasteiger partial charge is 0.165 e. The first-order chi connectivity index (χ1) is 5.88. The van der Waals surface area contributed by atoms with Crippen LogP contribution in [-0.4, -0.2) is 5.60 Å². The van der Waals surface area contributed by atoms with Crippen LogP contribution in [-0.2, 0) is 0 Å². The number of hydrogen-bond donors (Lipinski definition) is 1. The van der Waals surface area contributed by atoms with Gasteiger partial charge in [-0.05, 0) is 32.9 Å². The van der Waals surface area contributed by atoms with Crippen molar-refractivity contribution in [3.05, 3.63) is 24.0 Å². The molecule has 1 aromatic rings. The molecule has 3 heteroatoms. The van der Waals surface area contributed by atoms with E-state index in [-0.39, 0.29) is 11.6 Å². The quantitative estimate of drug-likeness (QED) is 0.679. The largest absolute Gasteiger partial charge is 0.485 e. The van der Waals surface area contributed by atoms with E-state index in [1.165, 1.54) is 18.2 Å². The fraction of sp³-hybridized carbons (Fsp3) is 0.400. The van der Waals surface area contributed by atoms with E-state index in [2.05, 4.69) is 0 Å². The average Bonchev–Trinajstić information content (AvgIpc) is 1.94. The zero-order chi connectivity index (χ0) is 10.1. The molecule has 0 saturated heterocycles. The van der Waals surface area contributed by atoms with Crippen LogP contribution >= 0.6 is 0 Å². The van der Waals surface area contributed by atoms with Gasteiger partial charge in [0, 0.05) is 11.8 Å². The van der Waals surface area contributed by atoms with Gasteiger partial charge in [-0.15, -0.1) is 0 Å². The van der Waals surface area contributed by atoms with Crippen molar-refractivity contribution in [2.75, 3.05) is 5.73 Å².